The molecule has 0 rings (SSSR count). The normalized spacial score (nSPS) is 14.6. The minimum Gasteiger partial charge on any atom is -0.413 e. The highest BCUT2D eigenvalue weighted by atomic mass is 28.4. The minimum atomic E-state index is -2.23. The summed E-state index contributed by atoms with van der Waals surface area (Å²) in [5.41, 5.74) is 8.21. The highest BCUT2D eigenvalue weighted by Crippen LogP contribution is 2.15. The molecule has 5 nitrogen and oxygen atoms in total. The van der Waals surface area contributed by atoms with Gasteiger partial charge in [0, 0.05) is 35.5 Å². The van der Waals surface area contributed by atoms with Crippen LogP contribution < -0.4 is 0 Å². The van der Waals surface area contributed by atoms with E-state index in [1.165, 1.54) is 0 Å². The molecule has 118 valence electrons. The van der Waals surface area contributed by atoms with Crippen molar-refractivity contribution in [2.24, 2.45) is 0 Å². The van der Waals surface area contributed by atoms with E-state index < -0.39 is 25.4 Å². The lowest BCUT2D eigenvalue weighted by Crippen LogP contribution is -2.39. The van der Waals surface area contributed by atoms with Crippen molar-refractivity contribution < 1.29 is 22.1 Å². The maximum absolute atomic E-state index is 5.69. The maximum Gasteiger partial charge on any atom is 0.360 e. The highest BCUT2D eigenvalue weighted by molar-refractivity contribution is 6.86. The van der Waals surface area contributed by atoms with E-state index in [1.807, 2.05) is 24.5 Å². The lowest BCUT2D eigenvalue weighted by Gasteiger charge is -2.24. The Kier molecular flexibility index (Phi) is 8.36. The molecular formula is C12H28O5Si3. The summed E-state index contributed by atoms with van der Waals surface area (Å²) in [6, 6.07) is 0. The molecular weight excluding hydrogens is 308 g/mol. The van der Waals surface area contributed by atoms with Gasteiger partial charge in [-0.15, -0.1) is 0 Å². The Balaban J connectivity index is 5.13. The summed E-state index contributed by atoms with van der Waals surface area (Å²) in [6.07, 6.45) is 0. The second-order valence-corrected chi connectivity index (χ2v) is 14.7. The molecule has 0 radical (unpaired) electrons. The van der Waals surface area contributed by atoms with Crippen LogP contribution in [0.1, 0.15) is 0 Å². The van der Waals surface area contributed by atoms with Crippen molar-refractivity contribution in [3.63, 3.8) is 0 Å². The third kappa shape index (κ3) is 6.14. The quantitative estimate of drug-likeness (QED) is 0.604. The topological polar surface area (TPSA) is 46.2 Å². The van der Waals surface area contributed by atoms with Crippen molar-refractivity contribution >= 4 is 25.4 Å². The summed E-state index contributed by atoms with van der Waals surface area (Å²) < 4.78 is 27.5. The van der Waals surface area contributed by atoms with Gasteiger partial charge >= 0.3 is 17.1 Å². The molecule has 0 bridgehead atoms. The second kappa shape index (κ2) is 8.39. The fourth-order valence-electron chi connectivity index (χ4n) is 1.26. The highest BCUT2D eigenvalue weighted by Gasteiger charge is 2.31. The van der Waals surface area contributed by atoms with E-state index in [0.29, 0.717) is 0 Å². The Bertz CT molecular complexity index is 310. The van der Waals surface area contributed by atoms with Gasteiger partial charge in [-0.1, -0.05) is 11.4 Å². The first-order valence-electron chi connectivity index (χ1n) is 6.38. The number of hydrogen-bond donors (Lipinski definition) is 0. The van der Waals surface area contributed by atoms with Gasteiger partial charge < -0.3 is 22.1 Å². The van der Waals surface area contributed by atoms with Crippen molar-refractivity contribution in [2.45, 2.75) is 19.6 Å². The zero-order valence-corrected chi connectivity index (χ0v) is 16.9. The van der Waals surface area contributed by atoms with Crippen LogP contribution in [0.2, 0.25) is 19.6 Å². The van der Waals surface area contributed by atoms with E-state index in [1.54, 1.807) is 35.5 Å². The molecule has 0 aromatic heterocycles. The van der Waals surface area contributed by atoms with E-state index in [2.05, 4.69) is 17.9 Å². The van der Waals surface area contributed by atoms with E-state index in [9.17, 15) is 0 Å². The van der Waals surface area contributed by atoms with Crippen molar-refractivity contribution in [3.05, 3.63) is 22.8 Å². The predicted octanol–water partition coefficient (Wildman–Crippen LogP) is 2.21. The van der Waals surface area contributed by atoms with E-state index in [0.717, 1.165) is 0 Å². The molecule has 0 aromatic rings. The van der Waals surface area contributed by atoms with Crippen LogP contribution in [-0.4, -0.2) is 61.0 Å². The largest absolute Gasteiger partial charge is 0.413 e. The van der Waals surface area contributed by atoms with Crippen LogP contribution in [0, 0.1) is 0 Å². The van der Waals surface area contributed by atoms with Crippen LogP contribution in [0.25, 0.3) is 0 Å². The standard InChI is InChI=1S/C12H28O5Si3/c1-13-18(6,9-11-19(7,14-2)15-3)10-12-20(8,16-4)17-5/h9-12H,1-8H3/b11-9+,12-10+. The molecule has 0 aromatic carbocycles. The molecule has 0 saturated carbocycles. The first kappa shape index (κ1) is 19.9. The summed E-state index contributed by atoms with van der Waals surface area (Å²) in [5.74, 6) is 0. The van der Waals surface area contributed by atoms with Gasteiger partial charge in [-0.05, 0) is 31.0 Å². The van der Waals surface area contributed by atoms with Gasteiger partial charge in [0.15, 0.2) is 0 Å². The zero-order chi connectivity index (χ0) is 15.9. The smallest absolute Gasteiger partial charge is 0.360 e. The van der Waals surface area contributed by atoms with Crippen molar-refractivity contribution in [2.75, 3.05) is 35.5 Å². The van der Waals surface area contributed by atoms with Gasteiger partial charge in [-0.3, -0.25) is 0 Å². The first-order chi connectivity index (χ1) is 9.22. The van der Waals surface area contributed by atoms with Crippen molar-refractivity contribution in [1.82, 2.24) is 0 Å². The predicted molar refractivity (Wildman–Crippen MR) is 88.2 cm³/mol. The van der Waals surface area contributed by atoms with Crippen LogP contribution in [0.3, 0.4) is 0 Å². The van der Waals surface area contributed by atoms with Crippen LogP contribution in [0.15, 0.2) is 22.8 Å². The van der Waals surface area contributed by atoms with Gasteiger partial charge in [0.05, 0.1) is 0 Å². The molecule has 0 atom stereocenters. The van der Waals surface area contributed by atoms with E-state index >= 15 is 0 Å². The SMILES string of the molecule is CO[Si](C)(/C=C/[Si](C)(OC)OC)/C=C/[Si](C)(OC)OC. The summed E-state index contributed by atoms with van der Waals surface area (Å²) in [7, 11) is 1.82. The van der Waals surface area contributed by atoms with Crippen LogP contribution >= 0.6 is 0 Å². The number of hydrogen-bond acceptors (Lipinski definition) is 5. The van der Waals surface area contributed by atoms with Crippen LogP contribution in [-0.2, 0) is 22.1 Å². The van der Waals surface area contributed by atoms with Gasteiger partial charge in [0.2, 0.25) is 8.32 Å². The first-order valence-corrected chi connectivity index (χ1v) is 13.7. The summed E-state index contributed by atoms with van der Waals surface area (Å²) in [6.45, 7) is 6.07. The molecule has 0 unspecified atom stereocenters. The van der Waals surface area contributed by atoms with Crippen LogP contribution in [0.4, 0.5) is 0 Å². The molecule has 8 heteroatoms. The molecule has 0 amide bonds. The molecule has 0 aliphatic rings. The fraction of sp³-hybridized carbons (Fsp3) is 0.667. The number of rotatable bonds is 9. The Hall–Kier alpha value is -0.0694. The van der Waals surface area contributed by atoms with Gasteiger partial charge in [0.25, 0.3) is 0 Å². The summed E-state index contributed by atoms with van der Waals surface area (Å²) >= 11 is 0. The zero-order valence-electron chi connectivity index (χ0n) is 13.9. The Morgan fingerprint density at radius 3 is 1.00 bits per heavy atom. The average molecular weight is 337 g/mol. The third-order valence-electron chi connectivity index (χ3n) is 3.50. The lowest BCUT2D eigenvalue weighted by molar-refractivity contribution is 0.263. The molecule has 0 spiro atoms. The summed E-state index contributed by atoms with van der Waals surface area (Å²) in [5, 5.41) is 0. The molecule has 20 heavy (non-hydrogen) atoms. The van der Waals surface area contributed by atoms with E-state index in [4.69, 9.17) is 22.1 Å². The molecule has 0 aliphatic carbocycles. The third-order valence-corrected chi connectivity index (χ3v) is 11.5. The fourth-order valence-corrected chi connectivity index (χ4v) is 7.59. The Morgan fingerprint density at radius 1 is 0.500 bits per heavy atom. The monoisotopic (exact) mass is 336 g/mol. The Labute approximate surface area is 126 Å². The van der Waals surface area contributed by atoms with Crippen molar-refractivity contribution in [3.8, 4) is 0 Å². The average Bonchev–Trinajstić information content (AvgIpc) is 2.50. The maximum atomic E-state index is 5.69. The Morgan fingerprint density at radius 2 is 0.800 bits per heavy atom. The minimum absolute atomic E-state index is 1.67. The van der Waals surface area contributed by atoms with Gasteiger partial charge in [-0.2, -0.15) is 0 Å². The molecule has 0 fully saturated rings. The molecule has 0 heterocycles. The molecule has 0 aliphatic heterocycles. The summed E-state index contributed by atoms with van der Waals surface area (Å²) in [4.78, 5) is 0. The van der Waals surface area contributed by atoms with Gasteiger partial charge in [0.1, 0.15) is 0 Å². The van der Waals surface area contributed by atoms with E-state index in [-0.39, 0.29) is 0 Å². The second-order valence-electron chi connectivity index (χ2n) is 4.90. The lowest BCUT2D eigenvalue weighted by atomic mass is 11.2. The van der Waals surface area contributed by atoms with Crippen molar-refractivity contribution in [1.29, 1.82) is 0 Å². The molecule has 0 N–H and O–H groups in total. The molecule has 0 saturated heterocycles. The van der Waals surface area contributed by atoms with Crippen LogP contribution in [0.5, 0.6) is 0 Å². The van der Waals surface area contributed by atoms with Gasteiger partial charge in [-0.25, -0.2) is 0 Å².